The maximum absolute atomic E-state index is 6.65. The lowest BCUT2D eigenvalue weighted by Crippen LogP contribution is -2.49. The highest BCUT2D eigenvalue weighted by atomic mass is 28.3. The number of hydrogen-bond acceptors (Lipinski definition) is 1. The fourth-order valence-electron chi connectivity index (χ4n) is 4.76. The third-order valence-corrected chi connectivity index (χ3v) is 10.8. The minimum Gasteiger partial charge on any atom is -0.375 e. The molecule has 2 atom stereocenters. The van der Waals surface area contributed by atoms with Crippen LogP contribution in [0.3, 0.4) is 0 Å². The van der Waals surface area contributed by atoms with Gasteiger partial charge in [0, 0.05) is 15.4 Å². The van der Waals surface area contributed by atoms with E-state index in [2.05, 4.69) is 69.2 Å². The normalized spacial score (nSPS) is 16.6. The van der Waals surface area contributed by atoms with Gasteiger partial charge >= 0.3 is 0 Å². The predicted octanol–water partition coefficient (Wildman–Crippen LogP) is 8.49. The molecule has 2 unspecified atom stereocenters. The zero-order valence-electron chi connectivity index (χ0n) is 20.8. The molecule has 0 N–H and O–H groups in total. The van der Waals surface area contributed by atoms with E-state index in [4.69, 9.17) is 4.74 Å². The SMILES string of the molecule is CCCCCCC(C)(C(C)CC(C)(C)C)C(C)(C)OCCC[SiH](CC)CC. The van der Waals surface area contributed by atoms with Crippen LogP contribution in [0.1, 0.15) is 114 Å². The quantitative estimate of drug-likeness (QED) is 0.198. The lowest BCUT2D eigenvalue weighted by molar-refractivity contribution is -0.135. The Labute approximate surface area is 175 Å². The van der Waals surface area contributed by atoms with Crippen LogP contribution in [0.2, 0.25) is 18.1 Å². The summed E-state index contributed by atoms with van der Waals surface area (Å²) in [7, 11) is -0.475. The van der Waals surface area contributed by atoms with Crippen molar-refractivity contribution in [2.45, 2.75) is 138 Å². The molecule has 0 rings (SSSR count). The topological polar surface area (TPSA) is 9.23 Å². The minimum absolute atomic E-state index is 0.0562. The molecule has 0 aromatic rings. The van der Waals surface area contributed by atoms with Crippen molar-refractivity contribution in [3.05, 3.63) is 0 Å². The third kappa shape index (κ3) is 9.97. The van der Waals surface area contributed by atoms with E-state index in [1.54, 1.807) is 0 Å². The molecule has 27 heavy (non-hydrogen) atoms. The Bertz CT molecular complexity index is 367. The maximum atomic E-state index is 6.65. The van der Waals surface area contributed by atoms with Crippen LogP contribution in [0.15, 0.2) is 0 Å². The Kier molecular flexibility index (Phi) is 12.8. The molecule has 164 valence electrons. The Balaban J connectivity index is 5.02. The molecule has 0 aliphatic rings. The molecule has 1 nitrogen and oxygen atoms in total. The van der Waals surface area contributed by atoms with Crippen molar-refractivity contribution in [3.63, 3.8) is 0 Å². The smallest absolute Gasteiger partial charge is 0.0682 e. The second kappa shape index (κ2) is 12.7. The first-order valence-electron chi connectivity index (χ1n) is 12.1. The molecule has 0 fully saturated rings. The lowest BCUT2D eigenvalue weighted by Gasteiger charge is -2.50. The molecule has 0 aromatic carbocycles. The first-order valence-corrected chi connectivity index (χ1v) is 14.5. The van der Waals surface area contributed by atoms with Crippen LogP contribution < -0.4 is 0 Å². The molecule has 0 aromatic heterocycles. The molecule has 0 amide bonds. The van der Waals surface area contributed by atoms with Gasteiger partial charge in [0.2, 0.25) is 0 Å². The van der Waals surface area contributed by atoms with E-state index in [1.807, 2.05) is 0 Å². The van der Waals surface area contributed by atoms with Crippen LogP contribution in [0.25, 0.3) is 0 Å². The molecule has 0 saturated carbocycles. The number of unbranched alkanes of at least 4 members (excludes halogenated alkanes) is 3. The van der Waals surface area contributed by atoms with E-state index in [0.29, 0.717) is 11.3 Å². The molecule has 0 aliphatic carbocycles. The van der Waals surface area contributed by atoms with Gasteiger partial charge in [-0.2, -0.15) is 0 Å². The summed E-state index contributed by atoms with van der Waals surface area (Å²) in [5, 5.41) is 0. The molecule has 0 heterocycles. The Morgan fingerprint density at radius 3 is 1.89 bits per heavy atom. The summed E-state index contributed by atoms with van der Waals surface area (Å²) in [5.41, 5.74) is 0.557. The summed E-state index contributed by atoms with van der Waals surface area (Å²) in [6, 6.07) is 4.34. The van der Waals surface area contributed by atoms with E-state index < -0.39 is 8.80 Å². The molecule has 0 saturated heterocycles. The monoisotopic (exact) mass is 398 g/mol. The van der Waals surface area contributed by atoms with Crippen molar-refractivity contribution >= 4 is 8.80 Å². The van der Waals surface area contributed by atoms with Crippen LogP contribution >= 0.6 is 0 Å². The van der Waals surface area contributed by atoms with Crippen molar-refractivity contribution in [1.82, 2.24) is 0 Å². The minimum atomic E-state index is -0.475. The van der Waals surface area contributed by atoms with Crippen molar-refractivity contribution in [2.75, 3.05) is 6.61 Å². The van der Waals surface area contributed by atoms with Gasteiger partial charge in [-0.05, 0) is 49.9 Å². The molecule has 0 radical (unpaired) electrons. The summed E-state index contributed by atoms with van der Waals surface area (Å²) >= 11 is 0. The van der Waals surface area contributed by atoms with Gasteiger partial charge in [-0.25, -0.2) is 0 Å². The summed E-state index contributed by atoms with van der Waals surface area (Å²) in [4.78, 5) is 0. The van der Waals surface area contributed by atoms with Crippen LogP contribution in [-0.4, -0.2) is 21.0 Å². The van der Waals surface area contributed by atoms with Crippen molar-refractivity contribution in [1.29, 1.82) is 0 Å². The van der Waals surface area contributed by atoms with Gasteiger partial charge in [-0.15, -0.1) is 0 Å². The Morgan fingerprint density at radius 1 is 0.815 bits per heavy atom. The van der Waals surface area contributed by atoms with Gasteiger partial charge in [0.15, 0.2) is 0 Å². The number of rotatable bonds is 15. The van der Waals surface area contributed by atoms with Gasteiger partial charge in [0.05, 0.1) is 5.60 Å². The lowest BCUT2D eigenvalue weighted by atomic mass is 9.61. The van der Waals surface area contributed by atoms with Gasteiger partial charge in [0.1, 0.15) is 0 Å². The van der Waals surface area contributed by atoms with E-state index in [9.17, 15) is 0 Å². The highest BCUT2D eigenvalue weighted by Crippen LogP contribution is 2.48. The summed E-state index contributed by atoms with van der Waals surface area (Å²) in [5.74, 6) is 0.669. The first kappa shape index (κ1) is 27.2. The van der Waals surface area contributed by atoms with E-state index >= 15 is 0 Å². The van der Waals surface area contributed by atoms with Crippen molar-refractivity contribution in [2.24, 2.45) is 16.7 Å². The van der Waals surface area contributed by atoms with Gasteiger partial charge < -0.3 is 4.74 Å². The highest BCUT2D eigenvalue weighted by Gasteiger charge is 2.46. The zero-order chi connectivity index (χ0) is 21.1. The van der Waals surface area contributed by atoms with Crippen LogP contribution in [0.5, 0.6) is 0 Å². The largest absolute Gasteiger partial charge is 0.375 e. The molecule has 0 spiro atoms. The second-order valence-electron chi connectivity index (χ2n) is 11.1. The average molecular weight is 399 g/mol. The van der Waals surface area contributed by atoms with Crippen LogP contribution in [0.4, 0.5) is 0 Å². The summed E-state index contributed by atoms with van der Waals surface area (Å²) in [6.07, 6.45) is 9.21. The summed E-state index contributed by atoms with van der Waals surface area (Å²) < 4.78 is 6.65. The number of hydrogen-bond donors (Lipinski definition) is 0. The Morgan fingerprint density at radius 2 is 1.41 bits per heavy atom. The zero-order valence-corrected chi connectivity index (χ0v) is 22.0. The molecule has 0 aliphatic heterocycles. The third-order valence-electron chi connectivity index (χ3n) is 7.31. The molecular weight excluding hydrogens is 344 g/mol. The van der Waals surface area contributed by atoms with Gasteiger partial charge in [-0.3, -0.25) is 0 Å². The second-order valence-corrected chi connectivity index (χ2v) is 15.0. The maximum Gasteiger partial charge on any atom is 0.0682 e. The average Bonchev–Trinajstić information content (AvgIpc) is 2.57. The van der Waals surface area contributed by atoms with Crippen molar-refractivity contribution < 1.29 is 4.74 Å². The van der Waals surface area contributed by atoms with Crippen molar-refractivity contribution in [3.8, 4) is 0 Å². The number of ether oxygens (including phenoxy) is 1. The molecule has 0 bridgehead atoms. The van der Waals surface area contributed by atoms with Crippen LogP contribution in [0, 0.1) is 16.7 Å². The predicted molar refractivity (Wildman–Crippen MR) is 128 cm³/mol. The van der Waals surface area contributed by atoms with Crippen LogP contribution in [-0.2, 0) is 4.74 Å². The summed E-state index contributed by atoms with van der Waals surface area (Å²) in [6.45, 7) is 24.9. The van der Waals surface area contributed by atoms with E-state index in [-0.39, 0.29) is 11.0 Å². The molecular formula is C25H54OSi. The fourth-order valence-corrected chi connectivity index (χ4v) is 6.90. The van der Waals surface area contributed by atoms with Gasteiger partial charge in [0.25, 0.3) is 0 Å². The highest BCUT2D eigenvalue weighted by molar-refractivity contribution is 6.58. The standard InChI is InChI=1S/C25H54OSi/c1-11-14-15-16-18-25(10,22(4)21-23(5,6)7)24(8,9)26-19-17-20-27(12-2)13-3/h22,27H,11-21H2,1-10H3. The van der Waals surface area contributed by atoms with Gasteiger partial charge in [-0.1, -0.05) is 99.2 Å². The van der Waals surface area contributed by atoms with E-state index in [0.717, 1.165) is 6.61 Å². The first-order chi connectivity index (χ1) is 12.4. The van der Waals surface area contributed by atoms with E-state index in [1.165, 1.54) is 63.1 Å². The Hall–Kier alpha value is 0.177. The fraction of sp³-hybridized carbons (Fsp3) is 1.00. The molecule has 2 heteroatoms.